The number of aromatic nitrogens is 1. The Kier molecular flexibility index (Phi) is 7.98. The van der Waals surface area contributed by atoms with E-state index >= 15 is 0 Å². The molecule has 2 N–H and O–H groups in total. The number of nitrogens with one attached hydrogen (secondary N) is 2. The highest BCUT2D eigenvalue weighted by Crippen LogP contribution is 2.38. The number of carbonyl (C=O) groups is 1. The van der Waals surface area contributed by atoms with Gasteiger partial charge in [-0.1, -0.05) is 42.7 Å². The Labute approximate surface area is 192 Å². The van der Waals surface area contributed by atoms with Gasteiger partial charge in [-0.25, -0.2) is 4.98 Å². The first-order valence-corrected chi connectivity index (χ1v) is 11.1. The molecule has 0 bridgehead atoms. The number of benzene rings is 2. The lowest BCUT2D eigenvalue weighted by molar-refractivity contribution is -0.138. The number of nitrogens with zero attached hydrogens (tertiary/aromatic N) is 1. The second-order valence-electron chi connectivity index (χ2n) is 6.88. The summed E-state index contributed by atoms with van der Waals surface area (Å²) >= 11 is 6.85. The van der Waals surface area contributed by atoms with Crippen LogP contribution in [0.25, 0.3) is 0 Å². The standard InChI is InChI=1S/C22H21ClF3N3O2S/c1-2-3-4-11-31-18-10-9-16(12-17(18)22(24,25)26)29-21-27-13-19(32-21)20(30)28-15-7-5-14(23)6-8-15/h5-10,12-13H,2-4,11H2,1H3,(H,27,29)(H,28,30). The van der Waals surface area contributed by atoms with Crippen molar-refractivity contribution in [2.45, 2.75) is 32.4 Å². The minimum atomic E-state index is -4.57. The third-order valence-corrected chi connectivity index (χ3v) is 5.54. The molecule has 5 nitrogen and oxygen atoms in total. The van der Waals surface area contributed by atoms with Crippen LogP contribution >= 0.6 is 22.9 Å². The SMILES string of the molecule is CCCCCOc1ccc(Nc2ncc(C(=O)Nc3ccc(Cl)cc3)s2)cc1C(F)(F)F. The molecule has 1 amide bonds. The van der Waals surface area contributed by atoms with E-state index in [1.807, 2.05) is 6.92 Å². The number of amides is 1. The Balaban J connectivity index is 1.69. The molecule has 0 unspecified atom stereocenters. The van der Waals surface area contributed by atoms with Crippen molar-refractivity contribution >= 4 is 45.4 Å². The predicted octanol–water partition coefficient (Wildman–Crippen LogP) is 7.38. The molecule has 10 heteroatoms. The second-order valence-corrected chi connectivity index (χ2v) is 8.35. The zero-order valence-electron chi connectivity index (χ0n) is 17.1. The summed E-state index contributed by atoms with van der Waals surface area (Å²) in [4.78, 5) is 16.8. The summed E-state index contributed by atoms with van der Waals surface area (Å²) in [7, 11) is 0. The van der Waals surface area contributed by atoms with Crippen LogP contribution in [-0.2, 0) is 6.18 Å². The number of anilines is 3. The topological polar surface area (TPSA) is 63.2 Å². The van der Waals surface area contributed by atoms with Crippen LogP contribution in [0.15, 0.2) is 48.7 Å². The molecular formula is C22H21ClF3N3O2S. The smallest absolute Gasteiger partial charge is 0.420 e. The van der Waals surface area contributed by atoms with Gasteiger partial charge in [-0.2, -0.15) is 13.2 Å². The molecule has 32 heavy (non-hydrogen) atoms. The first kappa shape index (κ1) is 23.9. The number of ether oxygens (including phenoxy) is 1. The van der Waals surface area contributed by atoms with Crippen LogP contribution in [0.3, 0.4) is 0 Å². The Morgan fingerprint density at radius 2 is 1.84 bits per heavy atom. The van der Waals surface area contributed by atoms with Crippen LogP contribution in [0.5, 0.6) is 5.75 Å². The fourth-order valence-electron chi connectivity index (χ4n) is 2.78. The van der Waals surface area contributed by atoms with E-state index in [-0.39, 0.29) is 29.1 Å². The number of thiazole rings is 1. The van der Waals surface area contributed by atoms with Crippen molar-refractivity contribution in [1.82, 2.24) is 4.98 Å². The average molecular weight is 484 g/mol. The maximum Gasteiger partial charge on any atom is 0.420 e. The lowest BCUT2D eigenvalue weighted by Crippen LogP contribution is -2.10. The van der Waals surface area contributed by atoms with Gasteiger partial charge >= 0.3 is 6.18 Å². The van der Waals surface area contributed by atoms with E-state index in [2.05, 4.69) is 15.6 Å². The quantitative estimate of drug-likeness (QED) is 0.312. The monoisotopic (exact) mass is 483 g/mol. The van der Waals surface area contributed by atoms with E-state index < -0.39 is 11.7 Å². The van der Waals surface area contributed by atoms with E-state index in [0.717, 1.165) is 30.2 Å². The summed E-state index contributed by atoms with van der Waals surface area (Å²) in [5.41, 5.74) is -0.111. The van der Waals surface area contributed by atoms with Gasteiger partial charge in [-0.05, 0) is 48.9 Å². The van der Waals surface area contributed by atoms with Crippen molar-refractivity contribution < 1.29 is 22.7 Å². The number of halogens is 4. The fraction of sp³-hybridized carbons (Fsp3) is 0.273. The zero-order chi connectivity index (χ0) is 23.1. The predicted molar refractivity (Wildman–Crippen MR) is 121 cm³/mol. The van der Waals surface area contributed by atoms with Crippen molar-refractivity contribution in [3.63, 3.8) is 0 Å². The summed E-state index contributed by atoms with van der Waals surface area (Å²) in [6.45, 7) is 2.23. The summed E-state index contributed by atoms with van der Waals surface area (Å²) in [6.07, 6.45) is -0.684. The number of carbonyl (C=O) groups excluding carboxylic acids is 1. The van der Waals surface area contributed by atoms with Crippen molar-refractivity contribution in [1.29, 1.82) is 0 Å². The molecule has 0 saturated carbocycles. The number of hydrogen-bond acceptors (Lipinski definition) is 5. The highest BCUT2D eigenvalue weighted by molar-refractivity contribution is 7.17. The van der Waals surface area contributed by atoms with Gasteiger partial charge in [0.05, 0.1) is 18.4 Å². The first-order valence-electron chi connectivity index (χ1n) is 9.90. The van der Waals surface area contributed by atoms with Crippen molar-refractivity contribution in [3.8, 4) is 5.75 Å². The van der Waals surface area contributed by atoms with E-state index in [9.17, 15) is 18.0 Å². The van der Waals surface area contributed by atoms with Gasteiger partial charge < -0.3 is 15.4 Å². The van der Waals surface area contributed by atoms with Crippen LogP contribution in [0.1, 0.15) is 41.4 Å². The minimum absolute atomic E-state index is 0.192. The van der Waals surface area contributed by atoms with E-state index in [1.165, 1.54) is 18.3 Å². The minimum Gasteiger partial charge on any atom is -0.493 e. The molecule has 1 heterocycles. The number of unbranched alkanes of at least 4 members (excludes halogenated alkanes) is 2. The molecule has 170 valence electrons. The number of alkyl halides is 3. The molecule has 0 atom stereocenters. The van der Waals surface area contributed by atoms with Gasteiger partial charge in [-0.15, -0.1) is 0 Å². The molecule has 3 rings (SSSR count). The average Bonchev–Trinajstić information content (AvgIpc) is 3.21. The van der Waals surface area contributed by atoms with Crippen LogP contribution in [-0.4, -0.2) is 17.5 Å². The Hall–Kier alpha value is -2.78. The molecular weight excluding hydrogens is 463 g/mol. The van der Waals surface area contributed by atoms with E-state index in [1.54, 1.807) is 24.3 Å². The van der Waals surface area contributed by atoms with Crippen LogP contribution in [0.2, 0.25) is 5.02 Å². The molecule has 0 radical (unpaired) electrons. The highest BCUT2D eigenvalue weighted by Gasteiger charge is 2.34. The summed E-state index contributed by atoms with van der Waals surface area (Å²) in [6, 6.07) is 10.4. The normalized spacial score (nSPS) is 11.3. The zero-order valence-corrected chi connectivity index (χ0v) is 18.7. The molecule has 3 aromatic rings. The third-order valence-electron chi connectivity index (χ3n) is 4.37. The Bertz CT molecular complexity index is 1060. The highest BCUT2D eigenvalue weighted by atomic mass is 35.5. The van der Waals surface area contributed by atoms with Crippen molar-refractivity contribution in [2.24, 2.45) is 0 Å². The fourth-order valence-corrected chi connectivity index (χ4v) is 3.63. The third kappa shape index (κ3) is 6.61. The van der Waals surface area contributed by atoms with Gasteiger partial charge in [0, 0.05) is 16.4 Å². The molecule has 0 aliphatic carbocycles. The van der Waals surface area contributed by atoms with Crippen LogP contribution in [0, 0.1) is 0 Å². The van der Waals surface area contributed by atoms with Gasteiger partial charge in [0.15, 0.2) is 5.13 Å². The second kappa shape index (κ2) is 10.7. The number of rotatable bonds is 9. The molecule has 1 aromatic heterocycles. The van der Waals surface area contributed by atoms with E-state index in [4.69, 9.17) is 16.3 Å². The van der Waals surface area contributed by atoms with Gasteiger partial charge in [-0.3, -0.25) is 4.79 Å². The maximum atomic E-state index is 13.5. The van der Waals surface area contributed by atoms with Crippen molar-refractivity contribution in [3.05, 3.63) is 64.1 Å². The van der Waals surface area contributed by atoms with Crippen LogP contribution < -0.4 is 15.4 Å². The molecule has 0 spiro atoms. The summed E-state index contributed by atoms with van der Waals surface area (Å²) in [5, 5.41) is 6.36. The first-order chi connectivity index (χ1) is 15.3. The molecule has 0 fully saturated rings. The summed E-state index contributed by atoms with van der Waals surface area (Å²) < 4.78 is 45.9. The Morgan fingerprint density at radius 1 is 1.12 bits per heavy atom. The lowest BCUT2D eigenvalue weighted by Gasteiger charge is -2.15. The van der Waals surface area contributed by atoms with Gasteiger partial charge in [0.25, 0.3) is 5.91 Å². The van der Waals surface area contributed by atoms with Gasteiger partial charge in [0.1, 0.15) is 10.6 Å². The molecule has 0 aliphatic heterocycles. The van der Waals surface area contributed by atoms with E-state index in [0.29, 0.717) is 22.0 Å². The summed E-state index contributed by atoms with van der Waals surface area (Å²) in [5.74, 6) is -0.592. The van der Waals surface area contributed by atoms with Gasteiger partial charge in [0.2, 0.25) is 0 Å². The van der Waals surface area contributed by atoms with Crippen LogP contribution in [0.4, 0.5) is 29.7 Å². The number of hydrogen-bond donors (Lipinski definition) is 2. The Morgan fingerprint density at radius 3 is 2.53 bits per heavy atom. The molecule has 0 saturated heterocycles. The lowest BCUT2D eigenvalue weighted by atomic mass is 10.1. The largest absolute Gasteiger partial charge is 0.493 e. The molecule has 2 aromatic carbocycles. The van der Waals surface area contributed by atoms with Crippen molar-refractivity contribution in [2.75, 3.05) is 17.2 Å². The maximum absolute atomic E-state index is 13.5. The molecule has 0 aliphatic rings.